The molecule has 13 heteroatoms. The van der Waals surface area contributed by atoms with E-state index in [2.05, 4.69) is 51.2 Å². The first kappa shape index (κ1) is 26.9. The second kappa shape index (κ2) is 15.6. The summed E-state index contributed by atoms with van der Waals surface area (Å²) in [5.41, 5.74) is 0. The van der Waals surface area contributed by atoms with E-state index in [1.807, 2.05) is 34.0 Å². The van der Waals surface area contributed by atoms with Crippen LogP contribution in [0.1, 0.15) is 34.1 Å². The molecule has 31 heavy (non-hydrogen) atoms. The van der Waals surface area contributed by atoms with Crippen LogP contribution in [0.5, 0.6) is 0 Å². The quantitative estimate of drug-likeness (QED) is 0.266. The van der Waals surface area contributed by atoms with Gasteiger partial charge in [0.1, 0.15) is 0 Å². The van der Waals surface area contributed by atoms with Gasteiger partial charge in [-0.1, -0.05) is 11.8 Å². The zero-order chi connectivity index (χ0) is 23.1. The minimum absolute atomic E-state index is 0.196. The van der Waals surface area contributed by atoms with Crippen molar-refractivity contribution >= 4 is 47.2 Å². The molecule has 11 nitrogen and oxygen atoms in total. The number of nitrogens with one attached hydrogen (secondary N) is 4. The molecule has 0 saturated carbocycles. The summed E-state index contributed by atoms with van der Waals surface area (Å²) in [6.07, 6.45) is 2.87. The fraction of sp³-hybridized carbons (Fsp3) is 0.667. The van der Waals surface area contributed by atoms with Gasteiger partial charge in [0, 0.05) is 39.4 Å². The summed E-state index contributed by atoms with van der Waals surface area (Å²) in [4.78, 5) is 24.8. The lowest BCUT2D eigenvalue weighted by Crippen LogP contribution is -2.15. The van der Waals surface area contributed by atoms with Gasteiger partial charge in [0.25, 0.3) is 0 Å². The fourth-order valence-corrected chi connectivity index (χ4v) is 2.61. The van der Waals surface area contributed by atoms with Gasteiger partial charge in [-0.25, -0.2) is 0 Å². The summed E-state index contributed by atoms with van der Waals surface area (Å²) in [6, 6.07) is 0.295. The van der Waals surface area contributed by atoms with Crippen LogP contribution in [-0.2, 0) is 4.74 Å². The van der Waals surface area contributed by atoms with Crippen molar-refractivity contribution in [2.24, 2.45) is 0 Å². The molecule has 2 rings (SSSR count). The van der Waals surface area contributed by atoms with Gasteiger partial charge in [-0.2, -0.15) is 29.9 Å². The first-order chi connectivity index (χ1) is 14.9. The van der Waals surface area contributed by atoms with Crippen LogP contribution in [0.15, 0.2) is 5.16 Å². The SMILES string of the molecule is CCNc1nc(Cl)nc(NCC)n1.COCCCNc1nc(NC(C)C)nc(SC)n1. The van der Waals surface area contributed by atoms with E-state index in [0.717, 1.165) is 32.7 Å². The average Bonchev–Trinajstić information content (AvgIpc) is 2.71. The van der Waals surface area contributed by atoms with E-state index in [0.29, 0.717) is 35.0 Å². The number of aromatic nitrogens is 6. The molecule has 0 aromatic carbocycles. The lowest BCUT2D eigenvalue weighted by molar-refractivity contribution is 0.197. The molecular formula is C18H33ClN10OS. The molecule has 2 aromatic rings. The minimum atomic E-state index is 0.196. The zero-order valence-electron chi connectivity index (χ0n) is 19.0. The molecule has 0 aliphatic heterocycles. The summed E-state index contributed by atoms with van der Waals surface area (Å²) in [6.45, 7) is 11.0. The zero-order valence-corrected chi connectivity index (χ0v) is 20.6. The molecule has 0 aliphatic rings. The first-order valence-corrected chi connectivity index (χ1v) is 11.7. The minimum Gasteiger partial charge on any atom is -0.385 e. The summed E-state index contributed by atoms with van der Waals surface area (Å²) in [5.74, 6) is 2.21. The summed E-state index contributed by atoms with van der Waals surface area (Å²) >= 11 is 7.18. The predicted molar refractivity (Wildman–Crippen MR) is 129 cm³/mol. The maximum atomic E-state index is 5.68. The Labute approximate surface area is 193 Å². The Hall–Kier alpha value is -2.18. The highest BCUT2D eigenvalue weighted by atomic mass is 35.5. The fourth-order valence-electron chi connectivity index (χ4n) is 2.09. The number of nitrogens with zero attached hydrogens (tertiary/aromatic N) is 6. The second-order valence-electron chi connectivity index (χ2n) is 6.35. The van der Waals surface area contributed by atoms with Crippen molar-refractivity contribution in [2.75, 3.05) is 60.9 Å². The molecule has 2 aromatic heterocycles. The molecule has 0 atom stereocenters. The molecular weight excluding hydrogens is 440 g/mol. The van der Waals surface area contributed by atoms with Crippen molar-refractivity contribution in [2.45, 2.75) is 45.3 Å². The van der Waals surface area contributed by atoms with Crippen LogP contribution in [0.3, 0.4) is 0 Å². The van der Waals surface area contributed by atoms with Crippen molar-refractivity contribution in [3.8, 4) is 0 Å². The number of thioether (sulfide) groups is 1. The van der Waals surface area contributed by atoms with E-state index in [-0.39, 0.29) is 5.28 Å². The van der Waals surface area contributed by atoms with Gasteiger partial charge in [0.15, 0.2) is 5.16 Å². The standard InChI is InChI=1S/C11H21N5OS.C7H12ClN5/c1-8(2)13-10-14-9(12-6-5-7-17-3)15-11(16-10)18-4;1-3-9-6-11-5(8)12-7(13-6)10-4-2/h8H,5-7H2,1-4H3,(H2,12,13,14,15,16);3-4H2,1-2H3,(H2,9,10,11,12,13). The molecule has 0 radical (unpaired) electrons. The number of methoxy groups -OCH3 is 1. The molecule has 2 heterocycles. The van der Waals surface area contributed by atoms with Gasteiger partial charge >= 0.3 is 0 Å². The third-order valence-corrected chi connectivity index (χ3v) is 4.02. The monoisotopic (exact) mass is 472 g/mol. The van der Waals surface area contributed by atoms with Gasteiger partial charge in [-0.05, 0) is 52.0 Å². The van der Waals surface area contributed by atoms with Crippen molar-refractivity contribution in [1.29, 1.82) is 0 Å². The van der Waals surface area contributed by atoms with E-state index in [1.54, 1.807) is 7.11 Å². The topological polar surface area (TPSA) is 135 Å². The molecule has 0 spiro atoms. The van der Waals surface area contributed by atoms with E-state index in [4.69, 9.17) is 16.3 Å². The van der Waals surface area contributed by atoms with Gasteiger partial charge in [0.05, 0.1) is 0 Å². The molecule has 0 unspecified atom stereocenters. The van der Waals surface area contributed by atoms with E-state index in [1.165, 1.54) is 11.8 Å². The summed E-state index contributed by atoms with van der Waals surface area (Å²) < 4.78 is 4.99. The highest BCUT2D eigenvalue weighted by molar-refractivity contribution is 7.98. The largest absolute Gasteiger partial charge is 0.385 e. The van der Waals surface area contributed by atoms with Crippen LogP contribution in [0.4, 0.5) is 23.8 Å². The van der Waals surface area contributed by atoms with Crippen LogP contribution in [0.2, 0.25) is 5.28 Å². The van der Waals surface area contributed by atoms with Crippen LogP contribution in [0.25, 0.3) is 0 Å². The number of anilines is 4. The van der Waals surface area contributed by atoms with Gasteiger partial charge < -0.3 is 26.0 Å². The Bertz CT molecular complexity index is 744. The molecule has 0 amide bonds. The van der Waals surface area contributed by atoms with Crippen LogP contribution >= 0.6 is 23.4 Å². The predicted octanol–water partition coefficient (Wildman–Crippen LogP) is 3.25. The molecule has 174 valence electrons. The molecule has 0 fully saturated rings. The Morgan fingerprint density at radius 3 is 1.94 bits per heavy atom. The molecule has 4 N–H and O–H groups in total. The smallest absolute Gasteiger partial charge is 0.228 e. The normalized spacial score (nSPS) is 10.3. The lowest BCUT2D eigenvalue weighted by Gasteiger charge is -2.11. The van der Waals surface area contributed by atoms with E-state index >= 15 is 0 Å². The van der Waals surface area contributed by atoms with Crippen LogP contribution in [0, 0.1) is 0 Å². The Kier molecular flexibility index (Phi) is 13.5. The maximum absolute atomic E-state index is 5.68. The third-order valence-electron chi connectivity index (χ3n) is 3.30. The Balaban J connectivity index is 0.000000327. The van der Waals surface area contributed by atoms with Gasteiger partial charge in [-0.3, -0.25) is 0 Å². The third kappa shape index (κ3) is 11.7. The average molecular weight is 473 g/mol. The highest BCUT2D eigenvalue weighted by Crippen LogP contribution is 2.14. The van der Waals surface area contributed by atoms with Gasteiger partial charge in [0.2, 0.25) is 29.1 Å². The number of halogens is 1. The van der Waals surface area contributed by atoms with Crippen molar-refractivity contribution in [3.63, 3.8) is 0 Å². The number of hydrogen-bond donors (Lipinski definition) is 4. The summed E-state index contributed by atoms with van der Waals surface area (Å²) in [5, 5.41) is 13.2. The number of rotatable bonds is 12. The van der Waals surface area contributed by atoms with E-state index in [9.17, 15) is 0 Å². The van der Waals surface area contributed by atoms with E-state index < -0.39 is 0 Å². The van der Waals surface area contributed by atoms with Gasteiger partial charge in [-0.15, -0.1) is 0 Å². The lowest BCUT2D eigenvalue weighted by atomic mass is 10.4. The van der Waals surface area contributed by atoms with Crippen molar-refractivity contribution in [3.05, 3.63) is 5.28 Å². The van der Waals surface area contributed by atoms with Crippen LogP contribution < -0.4 is 21.3 Å². The Morgan fingerprint density at radius 2 is 1.42 bits per heavy atom. The highest BCUT2D eigenvalue weighted by Gasteiger charge is 2.06. The molecule has 0 saturated heterocycles. The Morgan fingerprint density at radius 1 is 0.871 bits per heavy atom. The van der Waals surface area contributed by atoms with Crippen molar-refractivity contribution in [1.82, 2.24) is 29.9 Å². The second-order valence-corrected chi connectivity index (χ2v) is 7.47. The van der Waals surface area contributed by atoms with Crippen molar-refractivity contribution < 1.29 is 4.74 Å². The first-order valence-electron chi connectivity index (χ1n) is 10.1. The summed E-state index contributed by atoms with van der Waals surface area (Å²) in [7, 11) is 1.69. The number of ether oxygens (including phenoxy) is 1. The molecule has 0 aliphatic carbocycles. The molecule has 0 bridgehead atoms. The number of hydrogen-bond acceptors (Lipinski definition) is 12. The van der Waals surface area contributed by atoms with Crippen LogP contribution in [-0.4, -0.2) is 75.6 Å². The maximum Gasteiger partial charge on any atom is 0.228 e.